The Balaban J connectivity index is 2.20. The molecule has 0 saturated carbocycles. The van der Waals surface area contributed by atoms with Crippen molar-refractivity contribution < 1.29 is 9.18 Å². The molecule has 0 aliphatic carbocycles. The smallest absolute Gasteiger partial charge is 0.236 e. The van der Waals surface area contributed by atoms with Gasteiger partial charge < -0.3 is 10.2 Å². The lowest BCUT2D eigenvalue weighted by Gasteiger charge is -2.24. The molecule has 1 aromatic rings. The summed E-state index contributed by atoms with van der Waals surface area (Å²) >= 11 is 1.57. The fourth-order valence-corrected chi connectivity index (χ4v) is 3.88. The van der Waals surface area contributed by atoms with Crippen LogP contribution in [0.5, 0.6) is 0 Å². The number of nitrogens with one attached hydrogen (secondary N) is 1. The number of rotatable bonds is 6. The minimum absolute atomic E-state index is 0.0470. The van der Waals surface area contributed by atoms with Gasteiger partial charge in [0.15, 0.2) is 0 Å². The number of hydrogen-bond acceptors (Lipinski definition) is 3. The number of halogens is 1. The van der Waals surface area contributed by atoms with E-state index in [-0.39, 0.29) is 22.3 Å². The van der Waals surface area contributed by atoms with Gasteiger partial charge in [-0.25, -0.2) is 4.39 Å². The van der Waals surface area contributed by atoms with Gasteiger partial charge in [0.1, 0.15) is 11.2 Å². The van der Waals surface area contributed by atoms with E-state index in [2.05, 4.69) is 5.32 Å². The maximum atomic E-state index is 14.0. The highest BCUT2D eigenvalue weighted by atomic mass is 32.2. The van der Waals surface area contributed by atoms with Gasteiger partial charge in [0, 0.05) is 12.1 Å². The fourth-order valence-electron chi connectivity index (χ4n) is 2.43. The van der Waals surface area contributed by atoms with Crippen LogP contribution in [0.4, 0.5) is 4.39 Å². The quantitative estimate of drug-likeness (QED) is 0.819. The number of benzene rings is 1. The second-order valence-electron chi connectivity index (χ2n) is 4.90. The number of carbonyl (C=O) groups excluding carboxylic acids is 1. The zero-order valence-corrected chi connectivity index (χ0v) is 12.8. The zero-order chi connectivity index (χ0) is 14.5. The Hall–Kier alpha value is -1.07. The highest BCUT2D eigenvalue weighted by Gasteiger charge is 2.40. The largest absolute Gasteiger partial charge is 0.325 e. The van der Waals surface area contributed by atoms with E-state index in [1.54, 1.807) is 23.9 Å². The van der Waals surface area contributed by atoms with Gasteiger partial charge in [0.25, 0.3) is 0 Å². The Kier molecular flexibility index (Phi) is 5.43. The third-order valence-corrected chi connectivity index (χ3v) is 5.13. The number of nitrogens with zero attached hydrogens (tertiary/aromatic N) is 1. The van der Waals surface area contributed by atoms with Gasteiger partial charge in [-0.05, 0) is 32.5 Å². The lowest BCUT2D eigenvalue weighted by atomic mass is 10.1. The van der Waals surface area contributed by atoms with Crippen molar-refractivity contribution in [1.29, 1.82) is 0 Å². The fraction of sp³-hybridized carbons (Fsp3) is 0.533. The molecule has 2 unspecified atom stereocenters. The van der Waals surface area contributed by atoms with Crippen LogP contribution in [0.3, 0.4) is 0 Å². The van der Waals surface area contributed by atoms with Crippen LogP contribution in [0.1, 0.15) is 30.7 Å². The zero-order valence-electron chi connectivity index (χ0n) is 11.9. The van der Waals surface area contributed by atoms with E-state index >= 15 is 0 Å². The second kappa shape index (κ2) is 7.09. The van der Waals surface area contributed by atoms with Crippen LogP contribution in [-0.2, 0) is 4.79 Å². The van der Waals surface area contributed by atoms with Gasteiger partial charge in [-0.3, -0.25) is 4.79 Å². The van der Waals surface area contributed by atoms with Crippen molar-refractivity contribution in [3.63, 3.8) is 0 Å². The van der Waals surface area contributed by atoms with Gasteiger partial charge >= 0.3 is 0 Å². The number of thioether (sulfide) groups is 1. The molecule has 2 atom stereocenters. The first-order chi connectivity index (χ1) is 9.69. The van der Waals surface area contributed by atoms with E-state index in [9.17, 15) is 9.18 Å². The molecule has 0 bridgehead atoms. The lowest BCUT2D eigenvalue weighted by molar-refractivity contribution is -0.130. The summed E-state index contributed by atoms with van der Waals surface area (Å²) in [5.41, 5.74) is 0.617. The minimum Gasteiger partial charge on any atom is -0.325 e. The van der Waals surface area contributed by atoms with Crippen LogP contribution in [0.25, 0.3) is 0 Å². The summed E-state index contributed by atoms with van der Waals surface area (Å²) < 4.78 is 14.0. The average molecular weight is 296 g/mol. The Labute approximate surface area is 123 Å². The lowest BCUT2D eigenvalue weighted by Crippen LogP contribution is -2.33. The van der Waals surface area contributed by atoms with Gasteiger partial charge in [-0.2, -0.15) is 0 Å². The maximum absolute atomic E-state index is 14.0. The molecular weight excluding hydrogens is 275 g/mol. The van der Waals surface area contributed by atoms with Gasteiger partial charge in [0.05, 0.1) is 5.25 Å². The summed E-state index contributed by atoms with van der Waals surface area (Å²) in [6.45, 7) is 3.53. The molecule has 0 radical (unpaired) electrons. The van der Waals surface area contributed by atoms with E-state index in [1.165, 1.54) is 6.07 Å². The van der Waals surface area contributed by atoms with E-state index in [4.69, 9.17) is 0 Å². The van der Waals surface area contributed by atoms with Gasteiger partial charge in [-0.15, -0.1) is 11.8 Å². The molecule has 1 heterocycles. The minimum atomic E-state index is -0.229. The molecule has 5 heteroatoms. The van der Waals surface area contributed by atoms with Crippen molar-refractivity contribution >= 4 is 17.7 Å². The molecule has 1 saturated heterocycles. The van der Waals surface area contributed by atoms with Crippen molar-refractivity contribution in [1.82, 2.24) is 10.2 Å². The first kappa shape index (κ1) is 15.3. The Bertz CT molecular complexity index is 469. The molecule has 20 heavy (non-hydrogen) atoms. The van der Waals surface area contributed by atoms with Crippen molar-refractivity contribution in [2.75, 3.05) is 20.1 Å². The van der Waals surface area contributed by atoms with Crippen LogP contribution in [0.2, 0.25) is 0 Å². The molecule has 3 nitrogen and oxygen atoms in total. The summed E-state index contributed by atoms with van der Waals surface area (Å²) in [5, 5.41) is 2.84. The molecule has 1 N–H and O–H groups in total. The summed E-state index contributed by atoms with van der Waals surface area (Å²) in [5.74, 6) is -0.0879. The van der Waals surface area contributed by atoms with E-state index in [0.29, 0.717) is 12.1 Å². The highest BCUT2D eigenvalue weighted by molar-refractivity contribution is 8.01. The van der Waals surface area contributed by atoms with Gasteiger partial charge in [0.2, 0.25) is 5.91 Å². The molecule has 2 rings (SSSR count). The van der Waals surface area contributed by atoms with Crippen LogP contribution in [0.15, 0.2) is 24.3 Å². The number of amides is 1. The van der Waals surface area contributed by atoms with Crippen LogP contribution in [0, 0.1) is 5.82 Å². The van der Waals surface area contributed by atoms with Crippen molar-refractivity contribution in [2.45, 2.75) is 30.4 Å². The van der Waals surface area contributed by atoms with Crippen molar-refractivity contribution in [3.05, 3.63) is 35.6 Å². The molecule has 0 spiro atoms. The maximum Gasteiger partial charge on any atom is 0.236 e. The highest BCUT2D eigenvalue weighted by Crippen LogP contribution is 2.44. The standard InChI is InChI=1S/C15H21FN2OS/c1-3-13-14(19)18(10-6-9-17-2)15(20-13)11-7-4-5-8-12(11)16/h4-5,7-8,13,15,17H,3,6,9-10H2,1-2H3. The molecule has 1 fully saturated rings. The summed E-state index contributed by atoms with van der Waals surface area (Å²) in [4.78, 5) is 14.2. The molecular formula is C15H21FN2OS. The second-order valence-corrected chi connectivity index (χ2v) is 6.18. The normalized spacial score (nSPS) is 22.6. The van der Waals surface area contributed by atoms with E-state index in [1.807, 2.05) is 24.9 Å². The average Bonchev–Trinajstić information content (AvgIpc) is 2.77. The number of carbonyl (C=O) groups is 1. The molecule has 0 aromatic heterocycles. The van der Waals surface area contributed by atoms with Crippen molar-refractivity contribution in [2.24, 2.45) is 0 Å². The van der Waals surface area contributed by atoms with Gasteiger partial charge in [-0.1, -0.05) is 25.1 Å². The summed E-state index contributed by atoms with van der Waals surface area (Å²) in [6.07, 6.45) is 1.67. The predicted octanol–water partition coefficient (Wildman–Crippen LogP) is 2.79. The molecule has 1 amide bonds. The molecule has 1 aliphatic heterocycles. The first-order valence-corrected chi connectivity index (χ1v) is 7.98. The Morgan fingerprint density at radius 1 is 1.40 bits per heavy atom. The Morgan fingerprint density at radius 2 is 2.15 bits per heavy atom. The summed E-state index contributed by atoms with van der Waals surface area (Å²) in [7, 11) is 1.89. The van der Waals surface area contributed by atoms with Crippen molar-refractivity contribution in [3.8, 4) is 0 Å². The topological polar surface area (TPSA) is 32.3 Å². The van der Waals surface area contributed by atoms with Crippen LogP contribution < -0.4 is 5.32 Å². The SMILES string of the molecule is CCC1SC(c2ccccc2F)N(CCCNC)C1=O. The first-order valence-electron chi connectivity index (χ1n) is 7.04. The third-order valence-electron chi connectivity index (χ3n) is 3.50. The molecule has 1 aromatic carbocycles. The third kappa shape index (κ3) is 3.15. The predicted molar refractivity (Wildman–Crippen MR) is 81.1 cm³/mol. The molecule has 110 valence electrons. The van der Waals surface area contributed by atoms with Crippen LogP contribution in [-0.4, -0.2) is 36.2 Å². The van der Waals surface area contributed by atoms with E-state index < -0.39 is 0 Å². The molecule has 1 aliphatic rings. The number of hydrogen-bond donors (Lipinski definition) is 1. The van der Waals surface area contributed by atoms with E-state index in [0.717, 1.165) is 19.4 Å². The van der Waals surface area contributed by atoms with Crippen LogP contribution >= 0.6 is 11.8 Å². The Morgan fingerprint density at radius 3 is 2.80 bits per heavy atom. The monoisotopic (exact) mass is 296 g/mol. The summed E-state index contributed by atoms with van der Waals surface area (Å²) in [6, 6.07) is 6.76.